The fourth-order valence-corrected chi connectivity index (χ4v) is 1.95. The van der Waals surface area contributed by atoms with E-state index in [1.807, 2.05) is 61.5 Å². The van der Waals surface area contributed by atoms with Gasteiger partial charge in [-0.25, -0.2) is 0 Å². The molecule has 0 heterocycles. The number of hydrogen-bond donors (Lipinski definition) is 2. The minimum absolute atomic E-state index is 0.0730. The van der Waals surface area contributed by atoms with Crippen LogP contribution in [0.5, 0.6) is 5.75 Å². The van der Waals surface area contributed by atoms with E-state index >= 15 is 0 Å². The fourth-order valence-electron chi connectivity index (χ4n) is 1.95. The van der Waals surface area contributed by atoms with Crippen molar-refractivity contribution in [3.8, 4) is 5.75 Å². The summed E-state index contributed by atoms with van der Waals surface area (Å²) in [7, 11) is 0. The molecule has 2 aromatic rings. The summed E-state index contributed by atoms with van der Waals surface area (Å²) in [6.45, 7) is 3.00. The van der Waals surface area contributed by atoms with Gasteiger partial charge in [0.1, 0.15) is 12.4 Å². The SMILES string of the molecule is CC(N)CCNC(=O)c1ccc(COc2ccccc2)cc1. The van der Waals surface area contributed by atoms with E-state index in [0.29, 0.717) is 18.7 Å². The summed E-state index contributed by atoms with van der Waals surface area (Å²) >= 11 is 0. The zero-order valence-corrected chi connectivity index (χ0v) is 12.8. The molecule has 0 saturated heterocycles. The lowest BCUT2D eigenvalue weighted by molar-refractivity contribution is 0.0952. The van der Waals surface area contributed by atoms with Gasteiger partial charge in [-0.1, -0.05) is 30.3 Å². The predicted octanol–water partition coefficient (Wildman–Crippen LogP) is 2.73. The van der Waals surface area contributed by atoms with E-state index in [-0.39, 0.29) is 11.9 Å². The molecule has 0 bridgehead atoms. The molecular formula is C18H22N2O2. The van der Waals surface area contributed by atoms with Crippen molar-refractivity contribution in [3.63, 3.8) is 0 Å². The molecule has 0 saturated carbocycles. The second-order valence-electron chi connectivity index (χ2n) is 5.32. The van der Waals surface area contributed by atoms with E-state index in [1.165, 1.54) is 0 Å². The Kier molecular flexibility index (Phi) is 5.98. The summed E-state index contributed by atoms with van der Waals surface area (Å²) in [6.07, 6.45) is 0.773. The van der Waals surface area contributed by atoms with Crippen LogP contribution >= 0.6 is 0 Å². The predicted molar refractivity (Wildman–Crippen MR) is 87.8 cm³/mol. The molecule has 0 aliphatic rings. The zero-order chi connectivity index (χ0) is 15.8. The quantitative estimate of drug-likeness (QED) is 0.826. The van der Waals surface area contributed by atoms with E-state index in [4.69, 9.17) is 10.5 Å². The van der Waals surface area contributed by atoms with Crippen LogP contribution in [0.15, 0.2) is 54.6 Å². The third-order valence-corrected chi connectivity index (χ3v) is 3.25. The first-order valence-corrected chi connectivity index (χ1v) is 7.46. The Labute approximate surface area is 131 Å². The molecule has 0 aliphatic carbocycles. The molecule has 116 valence electrons. The molecule has 4 heteroatoms. The lowest BCUT2D eigenvalue weighted by Crippen LogP contribution is -2.28. The fraction of sp³-hybridized carbons (Fsp3) is 0.278. The van der Waals surface area contributed by atoms with Crippen LogP contribution in [-0.2, 0) is 6.61 Å². The number of amides is 1. The van der Waals surface area contributed by atoms with Crippen LogP contribution in [0.1, 0.15) is 29.3 Å². The molecule has 1 unspecified atom stereocenters. The van der Waals surface area contributed by atoms with Crippen LogP contribution in [0.2, 0.25) is 0 Å². The number of nitrogens with two attached hydrogens (primary N) is 1. The smallest absolute Gasteiger partial charge is 0.251 e. The average Bonchev–Trinajstić information content (AvgIpc) is 2.54. The Hall–Kier alpha value is -2.33. The summed E-state index contributed by atoms with van der Waals surface area (Å²) in [5.41, 5.74) is 7.32. The molecule has 0 radical (unpaired) electrons. The van der Waals surface area contributed by atoms with Gasteiger partial charge in [0.2, 0.25) is 0 Å². The molecule has 1 amide bonds. The summed E-state index contributed by atoms with van der Waals surface area (Å²) in [5, 5.41) is 2.86. The highest BCUT2D eigenvalue weighted by molar-refractivity contribution is 5.94. The van der Waals surface area contributed by atoms with E-state index in [9.17, 15) is 4.79 Å². The number of ether oxygens (including phenoxy) is 1. The number of carbonyl (C=O) groups is 1. The molecule has 2 rings (SSSR count). The minimum Gasteiger partial charge on any atom is -0.489 e. The van der Waals surface area contributed by atoms with Crippen molar-refractivity contribution in [2.75, 3.05) is 6.54 Å². The zero-order valence-electron chi connectivity index (χ0n) is 12.8. The molecular weight excluding hydrogens is 276 g/mol. The van der Waals surface area contributed by atoms with Crippen LogP contribution < -0.4 is 15.8 Å². The normalized spacial score (nSPS) is 11.7. The highest BCUT2D eigenvalue weighted by Gasteiger charge is 2.05. The Bertz CT molecular complexity index is 580. The highest BCUT2D eigenvalue weighted by atomic mass is 16.5. The van der Waals surface area contributed by atoms with Gasteiger partial charge in [-0.05, 0) is 43.2 Å². The van der Waals surface area contributed by atoms with Crippen molar-refractivity contribution in [2.24, 2.45) is 5.73 Å². The van der Waals surface area contributed by atoms with Crippen molar-refractivity contribution in [2.45, 2.75) is 26.0 Å². The minimum atomic E-state index is -0.0730. The number of nitrogens with one attached hydrogen (secondary N) is 1. The third kappa shape index (κ3) is 5.22. The second-order valence-corrected chi connectivity index (χ2v) is 5.32. The third-order valence-electron chi connectivity index (χ3n) is 3.25. The Balaban J connectivity index is 1.83. The molecule has 4 nitrogen and oxygen atoms in total. The summed E-state index contributed by atoms with van der Waals surface area (Å²) in [6, 6.07) is 17.2. The van der Waals surface area contributed by atoms with Crippen molar-refractivity contribution >= 4 is 5.91 Å². The van der Waals surface area contributed by atoms with E-state index in [1.54, 1.807) is 0 Å². The first kappa shape index (κ1) is 16.0. The highest BCUT2D eigenvalue weighted by Crippen LogP contribution is 2.12. The molecule has 22 heavy (non-hydrogen) atoms. The second kappa shape index (κ2) is 8.20. The van der Waals surface area contributed by atoms with E-state index in [0.717, 1.165) is 17.7 Å². The van der Waals surface area contributed by atoms with Gasteiger partial charge in [0, 0.05) is 18.2 Å². The van der Waals surface area contributed by atoms with Crippen LogP contribution in [0, 0.1) is 0 Å². The Morgan fingerprint density at radius 3 is 2.45 bits per heavy atom. The molecule has 0 fully saturated rings. The first-order valence-electron chi connectivity index (χ1n) is 7.46. The molecule has 0 aromatic heterocycles. The van der Waals surface area contributed by atoms with Gasteiger partial charge in [-0.3, -0.25) is 4.79 Å². The Morgan fingerprint density at radius 2 is 1.82 bits per heavy atom. The number of benzene rings is 2. The lowest BCUT2D eigenvalue weighted by Gasteiger charge is -2.09. The van der Waals surface area contributed by atoms with Crippen molar-refractivity contribution < 1.29 is 9.53 Å². The van der Waals surface area contributed by atoms with Crippen LogP contribution in [0.25, 0.3) is 0 Å². The maximum atomic E-state index is 11.9. The summed E-state index contributed by atoms with van der Waals surface area (Å²) in [5.74, 6) is 0.761. The molecule has 0 spiro atoms. The lowest BCUT2D eigenvalue weighted by atomic mass is 10.1. The topological polar surface area (TPSA) is 64.3 Å². The van der Waals surface area contributed by atoms with Crippen LogP contribution in [-0.4, -0.2) is 18.5 Å². The number of carbonyl (C=O) groups excluding carboxylic acids is 1. The molecule has 2 aromatic carbocycles. The van der Waals surface area contributed by atoms with Gasteiger partial charge >= 0.3 is 0 Å². The van der Waals surface area contributed by atoms with Crippen LogP contribution in [0.4, 0.5) is 0 Å². The number of rotatable bonds is 7. The van der Waals surface area contributed by atoms with Crippen molar-refractivity contribution in [1.82, 2.24) is 5.32 Å². The van der Waals surface area contributed by atoms with Crippen LogP contribution in [0.3, 0.4) is 0 Å². The van der Waals surface area contributed by atoms with Crippen molar-refractivity contribution in [3.05, 3.63) is 65.7 Å². The standard InChI is InChI=1S/C18H22N2O2/c1-14(19)11-12-20-18(21)16-9-7-15(8-10-16)13-22-17-5-3-2-4-6-17/h2-10,14H,11-13,19H2,1H3,(H,20,21). The summed E-state index contributed by atoms with van der Waals surface area (Å²) in [4.78, 5) is 11.9. The van der Waals surface area contributed by atoms with E-state index < -0.39 is 0 Å². The number of para-hydroxylation sites is 1. The number of hydrogen-bond acceptors (Lipinski definition) is 3. The average molecular weight is 298 g/mol. The van der Waals surface area contributed by atoms with E-state index in [2.05, 4.69) is 5.32 Å². The van der Waals surface area contributed by atoms with Gasteiger partial charge in [-0.2, -0.15) is 0 Å². The Morgan fingerprint density at radius 1 is 1.14 bits per heavy atom. The maximum Gasteiger partial charge on any atom is 0.251 e. The van der Waals surface area contributed by atoms with Gasteiger partial charge in [-0.15, -0.1) is 0 Å². The first-order chi connectivity index (χ1) is 10.6. The molecule has 3 N–H and O–H groups in total. The van der Waals surface area contributed by atoms with Gasteiger partial charge in [0.15, 0.2) is 0 Å². The molecule has 1 atom stereocenters. The van der Waals surface area contributed by atoms with Gasteiger partial charge in [0.25, 0.3) is 5.91 Å². The van der Waals surface area contributed by atoms with Crippen molar-refractivity contribution in [1.29, 1.82) is 0 Å². The molecule has 0 aliphatic heterocycles. The maximum absolute atomic E-state index is 11.9. The largest absolute Gasteiger partial charge is 0.489 e. The van der Waals surface area contributed by atoms with Gasteiger partial charge in [0.05, 0.1) is 0 Å². The summed E-state index contributed by atoms with van der Waals surface area (Å²) < 4.78 is 5.67. The van der Waals surface area contributed by atoms with Gasteiger partial charge < -0.3 is 15.8 Å². The monoisotopic (exact) mass is 298 g/mol.